The molecule has 0 aliphatic carbocycles. The number of ether oxygens (including phenoxy) is 3. The summed E-state index contributed by atoms with van der Waals surface area (Å²) in [5.74, 6) is 2.97. The number of aryl methyl sites for hydroxylation is 1. The van der Waals surface area contributed by atoms with Crippen LogP contribution in [-0.4, -0.2) is 30.4 Å². The highest BCUT2D eigenvalue weighted by Crippen LogP contribution is 2.37. The summed E-state index contributed by atoms with van der Waals surface area (Å²) in [7, 11) is 0. The van der Waals surface area contributed by atoms with E-state index in [2.05, 4.69) is 26.8 Å². The van der Waals surface area contributed by atoms with Crippen molar-refractivity contribution in [2.24, 2.45) is 4.99 Å². The number of rotatable bonds is 8. The van der Waals surface area contributed by atoms with E-state index in [1.54, 1.807) is 30.6 Å². The van der Waals surface area contributed by atoms with Gasteiger partial charge in [0.15, 0.2) is 16.3 Å². The van der Waals surface area contributed by atoms with E-state index in [0.29, 0.717) is 43.2 Å². The maximum absolute atomic E-state index is 13.8. The van der Waals surface area contributed by atoms with E-state index < -0.39 is 12.0 Å². The largest absolute Gasteiger partial charge is 0.490 e. The highest BCUT2D eigenvalue weighted by Gasteiger charge is 2.33. The third kappa shape index (κ3) is 5.47. The molecule has 0 amide bonds. The molecule has 1 aliphatic heterocycles. The van der Waals surface area contributed by atoms with Gasteiger partial charge in [0.25, 0.3) is 5.56 Å². The topological polar surface area (TPSA) is 79.1 Å². The third-order valence-electron chi connectivity index (χ3n) is 5.84. The molecule has 0 radical (unpaired) electrons. The van der Waals surface area contributed by atoms with Crippen LogP contribution < -0.4 is 24.4 Å². The van der Waals surface area contributed by atoms with Crippen LogP contribution in [0.5, 0.6) is 11.5 Å². The van der Waals surface area contributed by atoms with Crippen molar-refractivity contribution in [2.75, 3.05) is 19.8 Å². The lowest BCUT2D eigenvalue weighted by atomic mass is 9.95. The summed E-state index contributed by atoms with van der Waals surface area (Å²) >= 11 is 4.79. The van der Waals surface area contributed by atoms with Gasteiger partial charge in [0.05, 0.1) is 39.5 Å². The first kappa shape index (κ1) is 27.4. The summed E-state index contributed by atoms with van der Waals surface area (Å²) in [5.41, 5.74) is 3.23. The minimum atomic E-state index is -0.654. The normalized spacial score (nSPS) is 14.9. The van der Waals surface area contributed by atoms with Crippen molar-refractivity contribution in [1.82, 2.24) is 4.57 Å². The second kappa shape index (κ2) is 11.8. The van der Waals surface area contributed by atoms with E-state index in [-0.39, 0.29) is 18.8 Å². The molecule has 196 valence electrons. The predicted octanol–water partition coefficient (Wildman–Crippen LogP) is 4.28. The van der Waals surface area contributed by atoms with Crippen LogP contribution in [0.2, 0.25) is 0 Å². The van der Waals surface area contributed by atoms with Crippen LogP contribution in [0.15, 0.2) is 61.9 Å². The molecule has 1 aromatic heterocycles. The number of carbonyl (C=O) groups excluding carboxylic acids is 1. The monoisotopic (exact) mass is 594 g/mol. The van der Waals surface area contributed by atoms with Gasteiger partial charge in [-0.05, 0) is 73.0 Å². The zero-order chi connectivity index (χ0) is 27.4. The minimum absolute atomic E-state index is 0.0950. The van der Waals surface area contributed by atoms with Crippen LogP contribution in [0.25, 0.3) is 6.08 Å². The van der Waals surface area contributed by atoms with E-state index in [0.717, 1.165) is 16.7 Å². The van der Waals surface area contributed by atoms with Gasteiger partial charge in [0, 0.05) is 0 Å². The quantitative estimate of drug-likeness (QED) is 0.287. The van der Waals surface area contributed by atoms with Crippen molar-refractivity contribution in [3.05, 3.63) is 88.5 Å². The number of terminal acetylenes is 1. The fourth-order valence-corrected chi connectivity index (χ4v) is 5.82. The Balaban J connectivity index is 1.90. The number of hydrogen-bond acceptors (Lipinski definition) is 7. The van der Waals surface area contributed by atoms with Crippen LogP contribution in [0.4, 0.5) is 0 Å². The molecular weight excluding hydrogens is 568 g/mol. The molecule has 3 aromatic rings. The van der Waals surface area contributed by atoms with Gasteiger partial charge in [-0.25, -0.2) is 9.79 Å². The Morgan fingerprint density at radius 3 is 2.58 bits per heavy atom. The van der Waals surface area contributed by atoms with Gasteiger partial charge < -0.3 is 14.2 Å². The SMILES string of the molecule is C#CCOc1c(Br)cc(/C=c2/sc3n(c2=O)[C@@H](c2ccc(C)cc2)C(C(=O)OCC)=C(C)N=3)cc1OCC. The van der Waals surface area contributed by atoms with Gasteiger partial charge in [-0.3, -0.25) is 9.36 Å². The molecule has 7 nitrogen and oxygen atoms in total. The van der Waals surface area contributed by atoms with Crippen molar-refractivity contribution in [3.8, 4) is 23.8 Å². The molecule has 1 aliphatic rings. The maximum Gasteiger partial charge on any atom is 0.338 e. The van der Waals surface area contributed by atoms with E-state index >= 15 is 0 Å². The summed E-state index contributed by atoms with van der Waals surface area (Å²) in [6, 6.07) is 10.7. The fraction of sp³-hybridized carbons (Fsp3) is 0.276. The average molecular weight is 596 g/mol. The van der Waals surface area contributed by atoms with Gasteiger partial charge >= 0.3 is 5.97 Å². The minimum Gasteiger partial charge on any atom is -0.490 e. The molecule has 0 fully saturated rings. The molecule has 2 aromatic carbocycles. The van der Waals surface area contributed by atoms with Gasteiger partial charge in [-0.1, -0.05) is 47.1 Å². The molecule has 2 heterocycles. The number of aromatic nitrogens is 1. The Morgan fingerprint density at radius 1 is 1.18 bits per heavy atom. The first-order valence-corrected chi connectivity index (χ1v) is 13.7. The zero-order valence-corrected chi connectivity index (χ0v) is 23.9. The van der Waals surface area contributed by atoms with Crippen molar-refractivity contribution in [3.63, 3.8) is 0 Å². The molecule has 0 N–H and O–H groups in total. The highest BCUT2D eigenvalue weighted by atomic mass is 79.9. The Bertz CT molecular complexity index is 1630. The van der Waals surface area contributed by atoms with Crippen LogP contribution in [0.3, 0.4) is 0 Å². The first-order chi connectivity index (χ1) is 18.3. The molecule has 0 saturated heterocycles. The number of hydrogen-bond donors (Lipinski definition) is 0. The lowest BCUT2D eigenvalue weighted by Crippen LogP contribution is -2.39. The van der Waals surface area contributed by atoms with Crippen LogP contribution in [0.1, 0.15) is 43.5 Å². The van der Waals surface area contributed by atoms with Crippen LogP contribution >= 0.6 is 27.3 Å². The highest BCUT2D eigenvalue weighted by molar-refractivity contribution is 9.10. The molecule has 1 atom stereocenters. The second-order valence-corrected chi connectivity index (χ2v) is 10.3. The summed E-state index contributed by atoms with van der Waals surface area (Å²) in [4.78, 5) is 32.0. The number of benzene rings is 2. The predicted molar refractivity (Wildman–Crippen MR) is 151 cm³/mol. The Labute approximate surface area is 233 Å². The molecule has 0 saturated carbocycles. The van der Waals surface area contributed by atoms with Crippen molar-refractivity contribution in [1.29, 1.82) is 0 Å². The number of esters is 1. The van der Waals surface area contributed by atoms with Crippen LogP contribution in [-0.2, 0) is 9.53 Å². The van der Waals surface area contributed by atoms with E-state index in [9.17, 15) is 9.59 Å². The molecule has 0 bridgehead atoms. The number of nitrogens with zero attached hydrogens (tertiary/aromatic N) is 2. The molecular formula is C29H27BrN2O5S. The summed E-state index contributed by atoms with van der Waals surface area (Å²) < 4.78 is 19.5. The Kier molecular flexibility index (Phi) is 8.55. The molecule has 0 spiro atoms. The van der Waals surface area contributed by atoms with E-state index in [1.807, 2.05) is 44.2 Å². The van der Waals surface area contributed by atoms with Crippen molar-refractivity contribution in [2.45, 2.75) is 33.7 Å². The molecule has 0 unspecified atom stereocenters. The molecule has 4 rings (SSSR count). The van der Waals surface area contributed by atoms with Gasteiger partial charge in [-0.2, -0.15) is 0 Å². The smallest absolute Gasteiger partial charge is 0.338 e. The van der Waals surface area contributed by atoms with E-state index in [1.165, 1.54) is 11.3 Å². The second-order valence-electron chi connectivity index (χ2n) is 8.47. The summed E-state index contributed by atoms with van der Waals surface area (Å²) in [6.07, 6.45) is 7.12. The van der Waals surface area contributed by atoms with Gasteiger partial charge in [-0.15, -0.1) is 6.42 Å². The van der Waals surface area contributed by atoms with Crippen LogP contribution in [0, 0.1) is 19.3 Å². The average Bonchev–Trinajstić information content (AvgIpc) is 3.17. The summed E-state index contributed by atoms with van der Waals surface area (Å²) in [6.45, 7) is 8.12. The first-order valence-electron chi connectivity index (χ1n) is 12.1. The number of allylic oxidation sites excluding steroid dienone is 1. The summed E-state index contributed by atoms with van der Waals surface area (Å²) in [5, 5.41) is 0. The Hall–Kier alpha value is -3.61. The number of carbonyl (C=O) groups is 1. The lowest BCUT2D eigenvalue weighted by molar-refractivity contribution is -0.139. The van der Waals surface area contributed by atoms with Gasteiger partial charge in [0.1, 0.15) is 6.61 Å². The fourth-order valence-electron chi connectivity index (χ4n) is 4.20. The number of halogens is 1. The molecule has 38 heavy (non-hydrogen) atoms. The number of fused-ring (bicyclic) bond motifs is 1. The third-order valence-corrected chi connectivity index (χ3v) is 7.41. The zero-order valence-electron chi connectivity index (χ0n) is 21.5. The standard InChI is InChI=1S/C29H27BrN2O5S/c1-6-13-37-26-21(30)14-19(15-22(26)35-7-2)16-23-27(33)32-25(20-11-9-17(4)10-12-20)24(28(34)36-8-3)18(5)31-29(32)38-23/h1,9-12,14-16,25H,7-8,13H2,2-5H3/b23-16+/t25-/m0/s1. The Morgan fingerprint density at radius 2 is 1.92 bits per heavy atom. The lowest BCUT2D eigenvalue weighted by Gasteiger charge is -2.24. The van der Waals surface area contributed by atoms with Crippen molar-refractivity contribution < 1.29 is 19.0 Å². The van der Waals surface area contributed by atoms with Gasteiger partial charge in [0.2, 0.25) is 0 Å². The maximum atomic E-state index is 13.8. The van der Waals surface area contributed by atoms with Crippen molar-refractivity contribution >= 4 is 39.3 Å². The molecule has 9 heteroatoms. The number of thiazole rings is 1. The van der Waals surface area contributed by atoms with E-state index in [4.69, 9.17) is 20.6 Å².